The number of epoxide rings is 3. The first-order valence-electron chi connectivity index (χ1n) is 30.5. The third-order valence-corrected chi connectivity index (χ3v) is 62.3. The molecule has 6 aliphatic rings. The van der Waals surface area contributed by atoms with E-state index in [1.54, 1.807) is 0 Å². The molecule has 15 atom stereocenters. The zero-order valence-corrected chi connectivity index (χ0v) is 68.1. The van der Waals surface area contributed by atoms with Crippen LogP contribution in [0.5, 0.6) is 0 Å². The lowest BCUT2D eigenvalue weighted by atomic mass is 10.3. The molecule has 34 heteroatoms. The highest BCUT2D eigenvalue weighted by Gasteiger charge is 2.46. The maximum absolute atomic E-state index is 7.45. The number of rotatable bonds is 41. The third-order valence-electron chi connectivity index (χ3n) is 14.8. The van der Waals surface area contributed by atoms with Crippen LogP contribution in [0, 0.1) is 0 Å². The molecule has 6 fully saturated rings. The first-order chi connectivity index (χ1) is 37.6. The van der Waals surface area contributed by atoms with Gasteiger partial charge in [0.05, 0.1) is 39.6 Å². The van der Waals surface area contributed by atoms with Gasteiger partial charge in [0.2, 0.25) is 0 Å². The Bertz CT molecular complexity index is 1610. The molecule has 6 heterocycles. The fourth-order valence-electron chi connectivity index (χ4n) is 10.9. The van der Waals surface area contributed by atoms with Crippen molar-refractivity contribution in [2.24, 2.45) is 0 Å². The van der Waals surface area contributed by atoms with Crippen LogP contribution in [0.3, 0.4) is 0 Å². The Labute approximate surface area is 497 Å². The van der Waals surface area contributed by atoms with E-state index in [0.717, 1.165) is 176 Å². The Morgan fingerprint density at radius 3 is 1.21 bits per heavy atom. The molecule has 0 amide bonds. The van der Waals surface area contributed by atoms with E-state index in [9.17, 15) is 0 Å². The second kappa shape index (κ2) is 38.0. The zero-order chi connectivity index (χ0) is 55.5. The summed E-state index contributed by atoms with van der Waals surface area (Å²) in [5.74, 6) is 0. The van der Waals surface area contributed by atoms with Gasteiger partial charge in [0, 0.05) is 38.1 Å². The van der Waals surface area contributed by atoms with Gasteiger partial charge >= 0.3 is 53.5 Å². The normalized spacial score (nSPS) is 37.4. The lowest BCUT2D eigenvalue weighted by molar-refractivity contribution is 0.113. The molecule has 0 aliphatic carbocycles. The van der Waals surface area contributed by atoms with Gasteiger partial charge in [-0.2, -0.15) is 0 Å². The van der Waals surface area contributed by atoms with E-state index in [2.05, 4.69) is 60.1 Å². The summed E-state index contributed by atoms with van der Waals surface area (Å²) in [5, 5.41) is 0. The summed E-state index contributed by atoms with van der Waals surface area (Å²) in [7, 11) is -22.2. The van der Waals surface area contributed by atoms with Crippen LogP contribution in [0.15, 0.2) is 0 Å². The molecule has 0 N–H and O–H groups in total. The lowest BCUT2D eigenvalue weighted by Gasteiger charge is -2.44. The summed E-state index contributed by atoms with van der Waals surface area (Å²) in [6, 6.07) is 14.5. The van der Waals surface area contributed by atoms with Crippen LogP contribution >= 0.6 is 0 Å². The predicted molar refractivity (Wildman–Crippen MR) is 344 cm³/mol. The Morgan fingerprint density at radius 1 is 0.449 bits per heavy atom. The molecule has 0 spiro atoms. The summed E-state index contributed by atoms with van der Waals surface area (Å²) < 4.78 is 121. The van der Waals surface area contributed by atoms with Crippen molar-refractivity contribution in [3.63, 3.8) is 0 Å². The van der Waals surface area contributed by atoms with Crippen LogP contribution in [0.25, 0.3) is 0 Å². The van der Waals surface area contributed by atoms with Crippen molar-refractivity contribution in [3.8, 4) is 0 Å². The first-order valence-corrected chi connectivity index (χ1v) is 59.7. The van der Waals surface area contributed by atoms with Crippen molar-refractivity contribution in [3.05, 3.63) is 0 Å². The molecule has 458 valence electrons. The summed E-state index contributed by atoms with van der Waals surface area (Å²) >= 11 is 0. The van der Waals surface area contributed by atoms with E-state index in [4.69, 9.17) is 82.9 Å². The average Bonchev–Trinajstić information content (AvgIpc) is 4.22. The molecule has 78 heavy (non-hydrogen) atoms. The maximum Gasteiger partial charge on any atom is 0.315 e. The first kappa shape index (κ1) is 69.6. The largest absolute Gasteiger partial charge is 0.446 e. The lowest BCUT2D eigenvalue weighted by Crippen LogP contribution is -2.57. The molecule has 0 aromatic rings. The van der Waals surface area contributed by atoms with E-state index in [1.165, 1.54) is 0 Å². The van der Waals surface area contributed by atoms with E-state index in [-0.39, 0.29) is 18.3 Å². The standard InChI is InChI=1S/C44H108O19Si15/c1-39-36-70(4)58-76(7,26-13-10-16-45-30-42-33-48-42)60-72(51-39)23-19-64-54-68-55-66-21-25-74-53-41(3)38-75(6,63-78(9,62-74)28-15-12-18-47-32-44-35-50-44)29-22-67-57-69-56-65-20-24-73-52-40(2)37-71(5)59-77(8,61-73)27-14-11-17-46-31-43-34-49-43/h39-44,70-74H,10-38,64-69H2,1-9H3. The topological polar surface area (TPSA) is 185 Å². The van der Waals surface area contributed by atoms with Gasteiger partial charge in [-0.3, -0.25) is 0 Å². The molecule has 6 rings (SSSR count). The highest BCUT2D eigenvalue weighted by Crippen LogP contribution is 2.35. The van der Waals surface area contributed by atoms with Crippen LogP contribution < -0.4 is 0 Å². The summed E-state index contributed by atoms with van der Waals surface area (Å²) in [6.07, 6.45) is 7.77. The van der Waals surface area contributed by atoms with Crippen LogP contribution in [0.1, 0.15) is 59.3 Å². The molecule has 15 unspecified atom stereocenters. The minimum atomic E-state index is -2.51. The van der Waals surface area contributed by atoms with E-state index >= 15 is 0 Å². The molecule has 0 aromatic heterocycles. The van der Waals surface area contributed by atoms with Gasteiger partial charge in [-0.05, 0) is 183 Å². The third kappa shape index (κ3) is 31.4. The monoisotopic (exact) mass is 1360 g/mol. The maximum atomic E-state index is 7.45. The van der Waals surface area contributed by atoms with Crippen molar-refractivity contribution in [1.29, 1.82) is 0 Å². The van der Waals surface area contributed by atoms with Crippen molar-refractivity contribution in [2.45, 2.75) is 220 Å². The van der Waals surface area contributed by atoms with Gasteiger partial charge in [0.15, 0.2) is 26.4 Å². The van der Waals surface area contributed by atoms with Gasteiger partial charge in [0.25, 0.3) is 20.0 Å². The summed E-state index contributed by atoms with van der Waals surface area (Å²) in [4.78, 5) is 0. The molecule has 6 saturated heterocycles. The van der Waals surface area contributed by atoms with Crippen molar-refractivity contribution >= 4 is 139 Å². The molecule has 0 bridgehead atoms. The molecule has 19 nitrogen and oxygen atoms in total. The van der Waals surface area contributed by atoms with E-state index < -0.39 is 139 Å². The van der Waals surface area contributed by atoms with Gasteiger partial charge in [0.1, 0.15) is 57.4 Å². The van der Waals surface area contributed by atoms with Crippen molar-refractivity contribution < 1.29 is 82.9 Å². The van der Waals surface area contributed by atoms with E-state index in [1.807, 2.05) is 0 Å². The zero-order valence-electron chi connectivity index (χ0n) is 49.9. The van der Waals surface area contributed by atoms with Crippen molar-refractivity contribution in [1.82, 2.24) is 0 Å². The minimum Gasteiger partial charge on any atom is -0.446 e. The number of ether oxygens (including phenoxy) is 6. The van der Waals surface area contributed by atoms with Crippen LogP contribution in [0.2, 0.25) is 124 Å². The van der Waals surface area contributed by atoms with Gasteiger partial charge < -0.3 is 82.9 Å². The number of hydrogen-bond acceptors (Lipinski definition) is 19. The number of unbranched alkanes of at least 4 members (excludes halogenated alkanes) is 3. The summed E-state index contributed by atoms with van der Waals surface area (Å²) in [6.45, 7) is 27.5. The Balaban J connectivity index is 0.847. The second-order valence-electron chi connectivity index (χ2n) is 23.8. The Morgan fingerprint density at radius 2 is 0.808 bits per heavy atom. The fraction of sp³-hybridized carbons (Fsp3) is 1.00. The molecular weight excluding hydrogens is 1250 g/mol. The summed E-state index contributed by atoms with van der Waals surface area (Å²) in [5.41, 5.74) is 0. The van der Waals surface area contributed by atoms with Crippen molar-refractivity contribution in [2.75, 3.05) is 59.5 Å². The number of hydrogen-bond donors (Lipinski definition) is 0. The highest BCUT2D eigenvalue weighted by atomic mass is 28.5. The molecule has 0 aromatic carbocycles. The SMILES string of the molecule is CC1C[SiH](C)O[Si](C)(CCCCOCC2CO2)O[SiH](CC[SiH2]O[SiH2]O[SiH2]CC[SiH]2OC(C)C[Si](C)(CC[SiH2]O[SiH2]O[SiH2]CC[SiH]3OC(C)C[SiH](C)O[Si](C)(CCCCOCC4CO4)O3)O[Si](C)(CCCCOCC3CO3)O2)O1. The van der Waals surface area contributed by atoms with Crippen LogP contribution in [-0.4, -0.2) is 235 Å². The molecular formula is C44H108O19Si15. The van der Waals surface area contributed by atoms with Gasteiger partial charge in [-0.15, -0.1) is 0 Å². The molecule has 6 aliphatic heterocycles. The molecule has 0 radical (unpaired) electrons. The van der Waals surface area contributed by atoms with Gasteiger partial charge in [-0.25, -0.2) is 0 Å². The van der Waals surface area contributed by atoms with Crippen LogP contribution in [0.4, 0.5) is 0 Å². The highest BCUT2D eigenvalue weighted by molar-refractivity contribution is 6.86. The molecule has 0 saturated carbocycles. The van der Waals surface area contributed by atoms with E-state index in [0.29, 0.717) is 24.9 Å². The minimum absolute atomic E-state index is 0.136. The quantitative estimate of drug-likeness (QED) is 0.0493. The fourth-order valence-corrected chi connectivity index (χ4v) is 64.0. The predicted octanol–water partition coefficient (Wildman–Crippen LogP) is 2.16. The van der Waals surface area contributed by atoms with Crippen LogP contribution in [-0.2, 0) is 82.9 Å². The Kier molecular flexibility index (Phi) is 33.9. The Hall–Kier alpha value is 2.49. The second-order valence-corrected chi connectivity index (χ2v) is 62.2. The smallest absolute Gasteiger partial charge is 0.315 e. The average molecular weight is 1360 g/mol. The van der Waals surface area contributed by atoms with Gasteiger partial charge in [-0.1, -0.05) is 0 Å².